The summed E-state index contributed by atoms with van der Waals surface area (Å²) in [5.74, 6) is -0.456. The zero-order chi connectivity index (χ0) is 14.7. The van der Waals surface area contributed by atoms with Crippen LogP contribution in [0.1, 0.15) is 4.88 Å². The Bertz CT molecular complexity index is 626. The smallest absolute Gasteiger partial charge is 0.358 e. The second kappa shape index (κ2) is 6.14. The monoisotopic (exact) mass is 358 g/mol. The number of nitro groups is 1. The largest absolute Gasteiger partial charge is 0.404 e. The molecule has 0 bridgehead atoms. The van der Waals surface area contributed by atoms with E-state index in [0.29, 0.717) is 6.54 Å². The number of likely N-dealkylation sites (N-methyl/N-ethyl adjacent to an activating group) is 1. The van der Waals surface area contributed by atoms with Crippen LogP contribution in [0, 0.1) is 10.1 Å². The third-order valence-electron chi connectivity index (χ3n) is 2.57. The Labute approximate surface area is 127 Å². The lowest BCUT2D eigenvalue weighted by atomic mass is 10.4. The number of thiophene rings is 1. The number of halogens is 1. The summed E-state index contributed by atoms with van der Waals surface area (Å²) in [6, 6.07) is 3.87. The summed E-state index contributed by atoms with van der Waals surface area (Å²) in [6.07, 6.45) is 1.43. The highest BCUT2D eigenvalue weighted by Crippen LogP contribution is 2.22. The van der Waals surface area contributed by atoms with Gasteiger partial charge in [0.2, 0.25) is 5.91 Å². The molecular formula is C11H11BrN4O3S. The SMILES string of the molecule is CN(Cc1cccs1)C(=O)Cn1cc(Br)c([N+](=O)[O-])n1. The molecular weight excluding hydrogens is 348 g/mol. The van der Waals surface area contributed by atoms with Crippen LogP contribution in [0.3, 0.4) is 0 Å². The number of rotatable bonds is 5. The fraction of sp³-hybridized carbons (Fsp3) is 0.273. The lowest BCUT2D eigenvalue weighted by molar-refractivity contribution is -0.390. The molecule has 0 saturated heterocycles. The topological polar surface area (TPSA) is 81.3 Å². The Morgan fingerprint density at radius 2 is 2.40 bits per heavy atom. The first kappa shape index (κ1) is 14.7. The van der Waals surface area contributed by atoms with Crippen molar-refractivity contribution >= 4 is 39.0 Å². The summed E-state index contributed by atoms with van der Waals surface area (Å²) >= 11 is 4.62. The second-order valence-corrected chi connectivity index (χ2v) is 5.97. The lowest BCUT2D eigenvalue weighted by Gasteiger charge is -2.15. The van der Waals surface area contributed by atoms with Gasteiger partial charge >= 0.3 is 5.82 Å². The first-order valence-corrected chi connectivity index (χ1v) is 7.28. The Hall–Kier alpha value is -1.74. The average molecular weight is 359 g/mol. The molecule has 0 spiro atoms. The van der Waals surface area contributed by atoms with Crippen LogP contribution in [0.25, 0.3) is 0 Å². The summed E-state index contributed by atoms with van der Waals surface area (Å²) in [4.78, 5) is 24.7. The second-order valence-electron chi connectivity index (χ2n) is 4.08. The fourth-order valence-electron chi connectivity index (χ4n) is 1.58. The molecule has 2 rings (SSSR count). The fourth-order valence-corrected chi connectivity index (χ4v) is 2.79. The summed E-state index contributed by atoms with van der Waals surface area (Å²) in [6.45, 7) is 0.481. The maximum atomic E-state index is 12.0. The van der Waals surface area contributed by atoms with Gasteiger partial charge in [-0.05, 0) is 32.3 Å². The molecule has 0 aromatic carbocycles. The van der Waals surface area contributed by atoms with Gasteiger partial charge in [-0.25, -0.2) is 0 Å². The molecule has 2 heterocycles. The molecule has 9 heteroatoms. The minimum absolute atomic E-state index is 0.0334. The van der Waals surface area contributed by atoms with E-state index in [1.54, 1.807) is 23.3 Å². The van der Waals surface area contributed by atoms with Crippen molar-refractivity contribution in [1.29, 1.82) is 0 Å². The van der Waals surface area contributed by atoms with Crippen molar-refractivity contribution in [2.24, 2.45) is 0 Å². The zero-order valence-corrected chi connectivity index (χ0v) is 12.9. The number of carbonyl (C=O) groups is 1. The van der Waals surface area contributed by atoms with Crippen molar-refractivity contribution in [2.75, 3.05) is 7.05 Å². The number of amides is 1. The third kappa shape index (κ3) is 3.42. The molecule has 0 saturated carbocycles. The molecule has 7 nitrogen and oxygen atoms in total. The lowest BCUT2D eigenvalue weighted by Crippen LogP contribution is -2.29. The maximum Gasteiger partial charge on any atom is 0.404 e. The summed E-state index contributed by atoms with van der Waals surface area (Å²) in [5.41, 5.74) is 0. The summed E-state index contributed by atoms with van der Waals surface area (Å²) in [5, 5.41) is 16.4. The van der Waals surface area contributed by atoms with Crippen molar-refractivity contribution in [1.82, 2.24) is 14.7 Å². The van der Waals surface area contributed by atoms with E-state index in [-0.39, 0.29) is 22.7 Å². The molecule has 0 unspecified atom stereocenters. The zero-order valence-electron chi connectivity index (χ0n) is 10.5. The predicted octanol–water partition coefficient (Wildman–Crippen LogP) is 2.27. The Balaban J connectivity index is 2.00. The van der Waals surface area contributed by atoms with Crippen molar-refractivity contribution < 1.29 is 9.72 Å². The standard InChI is InChI=1S/C11H11BrN4O3S/c1-14(5-8-3-2-4-20-8)10(17)7-15-6-9(12)11(13-15)16(18)19/h2-4,6H,5,7H2,1H3. The molecule has 0 N–H and O–H groups in total. The Kier molecular flexibility index (Phi) is 4.50. The minimum atomic E-state index is -0.597. The van der Waals surface area contributed by atoms with Crippen LogP contribution in [0.2, 0.25) is 0 Å². The van der Waals surface area contributed by atoms with E-state index in [1.807, 2.05) is 17.5 Å². The van der Waals surface area contributed by atoms with Gasteiger partial charge in [-0.2, -0.15) is 4.68 Å². The van der Waals surface area contributed by atoms with E-state index in [1.165, 1.54) is 10.9 Å². The normalized spacial score (nSPS) is 10.5. The van der Waals surface area contributed by atoms with E-state index >= 15 is 0 Å². The van der Waals surface area contributed by atoms with Crippen LogP contribution < -0.4 is 0 Å². The highest BCUT2D eigenvalue weighted by Gasteiger charge is 2.21. The van der Waals surface area contributed by atoms with Gasteiger partial charge in [0.25, 0.3) is 0 Å². The Morgan fingerprint density at radius 1 is 1.65 bits per heavy atom. The van der Waals surface area contributed by atoms with Gasteiger partial charge < -0.3 is 15.0 Å². The van der Waals surface area contributed by atoms with Crippen LogP contribution in [0.4, 0.5) is 5.82 Å². The number of nitrogens with zero attached hydrogens (tertiary/aromatic N) is 4. The van der Waals surface area contributed by atoms with Gasteiger partial charge in [0.1, 0.15) is 11.0 Å². The quantitative estimate of drug-likeness (QED) is 0.606. The van der Waals surface area contributed by atoms with Gasteiger partial charge in [0, 0.05) is 11.9 Å². The number of hydrogen-bond acceptors (Lipinski definition) is 5. The Morgan fingerprint density at radius 3 is 2.95 bits per heavy atom. The van der Waals surface area contributed by atoms with E-state index < -0.39 is 4.92 Å². The van der Waals surface area contributed by atoms with E-state index in [2.05, 4.69) is 21.0 Å². The summed E-state index contributed by atoms with van der Waals surface area (Å²) in [7, 11) is 1.69. The highest BCUT2D eigenvalue weighted by molar-refractivity contribution is 9.10. The number of carbonyl (C=O) groups excluding carboxylic acids is 1. The van der Waals surface area contributed by atoms with Crippen molar-refractivity contribution in [3.05, 3.63) is 43.2 Å². The van der Waals surface area contributed by atoms with Crippen LogP contribution >= 0.6 is 27.3 Å². The van der Waals surface area contributed by atoms with Gasteiger partial charge in [-0.3, -0.25) is 4.79 Å². The average Bonchev–Trinajstić information content (AvgIpc) is 2.98. The van der Waals surface area contributed by atoms with Gasteiger partial charge in [0.05, 0.1) is 17.8 Å². The van der Waals surface area contributed by atoms with E-state index in [0.717, 1.165) is 4.88 Å². The molecule has 0 atom stereocenters. The first-order chi connectivity index (χ1) is 9.47. The van der Waals surface area contributed by atoms with E-state index in [9.17, 15) is 14.9 Å². The molecule has 0 aliphatic heterocycles. The molecule has 0 fully saturated rings. The molecule has 0 aliphatic carbocycles. The highest BCUT2D eigenvalue weighted by atomic mass is 79.9. The molecule has 20 heavy (non-hydrogen) atoms. The number of aromatic nitrogens is 2. The summed E-state index contributed by atoms with van der Waals surface area (Å²) < 4.78 is 1.52. The van der Waals surface area contributed by atoms with Crippen molar-refractivity contribution in [3.8, 4) is 0 Å². The van der Waals surface area contributed by atoms with Gasteiger partial charge in [-0.15, -0.1) is 11.3 Å². The van der Waals surface area contributed by atoms with Crippen LogP contribution in [-0.2, 0) is 17.9 Å². The molecule has 2 aromatic rings. The minimum Gasteiger partial charge on any atom is -0.358 e. The molecule has 1 amide bonds. The van der Waals surface area contributed by atoms with Gasteiger partial charge in [0.15, 0.2) is 0 Å². The molecule has 0 radical (unpaired) electrons. The van der Waals surface area contributed by atoms with Crippen LogP contribution in [0.5, 0.6) is 0 Å². The first-order valence-electron chi connectivity index (χ1n) is 5.61. The third-order valence-corrected chi connectivity index (χ3v) is 3.99. The van der Waals surface area contributed by atoms with E-state index in [4.69, 9.17) is 0 Å². The van der Waals surface area contributed by atoms with Gasteiger partial charge in [-0.1, -0.05) is 6.07 Å². The van der Waals surface area contributed by atoms with Crippen molar-refractivity contribution in [3.63, 3.8) is 0 Å². The van der Waals surface area contributed by atoms with Crippen LogP contribution in [0.15, 0.2) is 28.2 Å². The molecule has 106 valence electrons. The maximum absolute atomic E-state index is 12.0. The van der Waals surface area contributed by atoms with Crippen molar-refractivity contribution in [2.45, 2.75) is 13.1 Å². The molecule has 0 aliphatic rings. The predicted molar refractivity (Wildman–Crippen MR) is 77.4 cm³/mol. The van der Waals surface area contributed by atoms with Crippen LogP contribution in [-0.4, -0.2) is 32.6 Å². The number of hydrogen-bond donors (Lipinski definition) is 0. The molecule has 2 aromatic heterocycles.